The lowest BCUT2D eigenvalue weighted by molar-refractivity contribution is -0.142. The lowest BCUT2D eigenvalue weighted by Gasteiger charge is -2.33. The second kappa shape index (κ2) is 4.82. The number of allylic oxidation sites excluding steroid dienone is 1. The zero-order chi connectivity index (χ0) is 11.5. The summed E-state index contributed by atoms with van der Waals surface area (Å²) in [5.74, 6) is 0.436. The maximum Gasteiger partial charge on any atom is 0.305 e. The quantitative estimate of drug-likeness (QED) is 0.527. The molecular weight excluding hydrogens is 188 g/mol. The minimum absolute atomic E-state index is 0.104. The van der Waals surface area contributed by atoms with Gasteiger partial charge >= 0.3 is 5.97 Å². The Bertz CT molecular complexity index is 264. The third-order valence-corrected chi connectivity index (χ3v) is 3.10. The molecule has 86 valence electrons. The van der Waals surface area contributed by atoms with E-state index < -0.39 is 0 Å². The maximum atomic E-state index is 11.0. The van der Waals surface area contributed by atoms with Crippen molar-refractivity contribution in [2.75, 3.05) is 6.61 Å². The second-order valence-corrected chi connectivity index (χ2v) is 5.27. The molecule has 1 rings (SSSR count). The Morgan fingerprint density at radius 2 is 2.27 bits per heavy atom. The van der Waals surface area contributed by atoms with Crippen molar-refractivity contribution in [1.82, 2.24) is 0 Å². The van der Waals surface area contributed by atoms with Crippen molar-refractivity contribution in [3.05, 3.63) is 11.6 Å². The minimum atomic E-state index is -0.104. The SMILES string of the molecule is CCC(=O)OCC1=CCC(C)(C)CC1C. The van der Waals surface area contributed by atoms with Crippen molar-refractivity contribution in [3.63, 3.8) is 0 Å². The molecule has 2 heteroatoms. The molecule has 2 nitrogen and oxygen atoms in total. The fraction of sp³-hybridized carbons (Fsp3) is 0.769. The number of ether oxygens (including phenoxy) is 1. The molecule has 0 fully saturated rings. The molecule has 0 N–H and O–H groups in total. The summed E-state index contributed by atoms with van der Waals surface area (Å²) in [5.41, 5.74) is 1.69. The molecule has 15 heavy (non-hydrogen) atoms. The zero-order valence-corrected chi connectivity index (χ0v) is 10.3. The third-order valence-electron chi connectivity index (χ3n) is 3.10. The van der Waals surface area contributed by atoms with Crippen LogP contribution in [0, 0.1) is 11.3 Å². The van der Waals surface area contributed by atoms with Crippen LogP contribution in [0.5, 0.6) is 0 Å². The Hall–Kier alpha value is -0.790. The third kappa shape index (κ3) is 3.69. The topological polar surface area (TPSA) is 26.3 Å². The van der Waals surface area contributed by atoms with Gasteiger partial charge in [0.05, 0.1) is 0 Å². The molecule has 0 aromatic heterocycles. The highest BCUT2D eigenvalue weighted by molar-refractivity contribution is 5.69. The maximum absolute atomic E-state index is 11.0. The first-order valence-electron chi connectivity index (χ1n) is 5.79. The van der Waals surface area contributed by atoms with Gasteiger partial charge in [0, 0.05) is 6.42 Å². The van der Waals surface area contributed by atoms with Gasteiger partial charge in [-0.2, -0.15) is 0 Å². The Labute approximate surface area is 92.7 Å². The summed E-state index contributed by atoms with van der Waals surface area (Å²) in [4.78, 5) is 11.0. The molecule has 0 saturated carbocycles. The highest BCUT2D eigenvalue weighted by Crippen LogP contribution is 2.37. The highest BCUT2D eigenvalue weighted by atomic mass is 16.5. The van der Waals surface area contributed by atoms with Crippen molar-refractivity contribution >= 4 is 5.97 Å². The molecule has 0 aromatic rings. The van der Waals surface area contributed by atoms with Crippen LogP contribution in [0.1, 0.15) is 47.0 Å². The first-order chi connectivity index (χ1) is 6.94. The number of hydrogen-bond acceptors (Lipinski definition) is 2. The highest BCUT2D eigenvalue weighted by Gasteiger charge is 2.26. The van der Waals surface area contributed by atoms with Crippen LogP contribution in [0.3, 0.4) is 0 Å². The van der Waals surface area contributed by atoms with Gasteiger partial charge in [-0.15, -0.1) is 0 Å². The molecule has 0 spiro atoms. The first-order valence-corrected chi connectivity index (χ1v) is 5.79. The molecule has 1 aliphatic rings. The largest absolute Gasteiger partial charge is 0.461 e. The number of carbonyl (C=O) groups excluding carboxylic acids is 1. The van der Waals surface area contributed by atoms with E-state index in [4.69, 9.17) is 4.74 Å². The molecule has 0 saturated heterocycles. The van der Waals surface area contributed by atoms with Gasteiger partial charge in [-0.25, -0.2) is 0 Å². The Morgan fingerprint density at radius 3 is 2.80 bits per heavy atom. The van der Waals surface area contributed by atoms with E-state index in [1.807, 2.05) is 6.92 Å². The van der Waals surface area contributed by atoms with Crippen LogP contribution in [0.2, 0.25) is 0 Å². The van der Waals surface area contributed by atoms with Crippen LogP contribution in [0.15, 0.2) is 11.6 Å². The van der Waals surface area contributed by atoms with E-state index in [1.54, 1.807) is 0 Å². The van der Waals surface area contributed by atoms with Crippen LogP contribution in [0.25, 0.3) is 0 Å². The molecule has 1 unspecified atom stereocenters. The van der Waals surface area contributed by atoms with E-state index in [1.165, 1.54) is 12.0 Å². The summed E-state index contributed by atoms with van der Waals surface area (Å²) in [6, 6.07) is 0. The average molecular weight is 210 g/mol. The minimum Gasteiger partial charge on any atom is -0.461 e. The van der Waals surface area contributed by atoms with Crippen molar-refractivity contribution in [2.24, 2.45) is 11.3 Å². The predicted octanol–water partition coefficient (Wildman–Crippen LogP) is 3.32. The summed E-state index contributed by atoms with van der Waals surface area (Å²) in [7, 11) is 0. The van der Waals surface area contributed by atoms with E-state index in [0.29, 0.717) is 24.4 Å². The van der Waals surface area contributed by atoms with Crippen LogP contribution >= 0.6 is 0 Å². The summed E-state index contributed by atoms with van der Waals surface area (Å²) in [6.45, 7) is 9.10. The van der Waals surface area contributed by atoms with Crippen molar-refractivity contribution in [3.8, 4) is 0 Å². The second-order valence-electron chi connectivity index (χ2n) is 5.27. The fourth-order valence-corrected chi connectivity index (χ4v) is 2.12. The summed E-state index contributed by atoms with van der Waals surface area (Å²) >= 11 is 0. The van der Waals surface area contributed by atoms with Gasteiger partial charge in [0.1, 0.15) is 6.61 Å². The van der Waals surface area contributed by atoms with Gasteiger partial charge in [0.25, 0.3) is 0 Å². The van der Waals surface area contributed by atoms with Crippen LogP contribution in [-0.4, -0.2) is 12.6 Å². The van der Waals surface area contributed by atoms with E-state index in [-0.39, 0.29) is 5.97 Å². The molecule has 0 radical (unpaired) electrons. The van der Waals surface area contributed by atoms with E-state index in [0.717, 1.165) is 6.42 Å². The summed E-state index contributed by atoms with van der Waals surface area (Å²) in [6.07, 6.45) is 4.99. The fourth-order valence-electron chi connectivity index (χ4n) is 2.12. The number of carbonyl (C=O) groups is 1. The Balaban J connectivity index is 2.49. The van der Waals surface area contributed by atoms with Crippen molar-refractivity contribution in [1.29, 1.82) is 0 Å². The van der Waals surface area contributed by atoms with E-state index in [9.17, 15) is 4.79 Å². The monoisotopic (exact) mass is 210 g/mol. The number of rotatable bonds is 3. The molecule has 1 aliphatic carbocycles. The lowest BCUT2D eigenvalue weighted by Crippen LogP contribution is -2.23. The van der Waals surface area contributed by atoms with Gasteiger partial charge in [-0.3, -0.25) is 4.79 Å². The lowest BCUT2D eigenvalue weighted by atomic mass is 9.73. The summed E-state index contributed by atoms with van der Waals surface area (Å²) < 4.78 is 5.16. The normalized spacial score (nSPS) is 24.5. The van der Waals surface area contributed by atoms with E-state index in [2.05, 4.69) is 26.8 Å². The van der Waals surface area contributed by atoms with Gasteiger partial charge < -0.3 is 4.74 Å². The molecule has 0 amide bonds. The van der Waals surface area contributed by atoms with Crippen molar-refractivity contribution in [2.45, 2.75) is 47.0 Å². The summed E-state index contributed by atoms with van der Waals surface area (Å²) in [5, 5.41) is 0. The molecule has 0 aliphatic heterocycles. The Morgan fingerprint density at radius 1 is 1.60 bits per heavy atom. The van der Waals surface area contributed by atoms with Gasteiger partial charge in [0.15, 0.2) is 0 Å². The van der Waals surface area contributed by atoms with Gasteiger partial charge in [-0.1, -0.05) is 33.8 Å². The van der Waals surface area contributed by atoms with Gasteiger partial charge in [0.2, 0.25) is 0 Å². The molecule has 0 bridgehead atoms. The smallest absolute Gasteiger partial charge is 0.305 e. The number of esters is 1. The van der Waals surface area contributed by atoms with Crippen LogP contribution < -0.4 is 0 Å². The molecule has 0 aromatic carbocycles. The first kappa shape index (κ1) is 12.3. The van der Waals surface area contributed by atoms with Crippen LogP contribution in [-0.2, 0) is 9.53 Å². The predicted molar refractivity (Wildman–Crippen MR) is 61.5 cm³/mol. The Kier molecular flexibility index (Phi) is 3.95. The zero-order valence-electron chi connectivity index (χ0n) is 10.3. The van der Waals surface area contributed by atoms with Crippen molar-refractivity contribution < 1.29 is 9.53 Å². The number of hydrogen-bond donors (Lipinski definition) is 0. The molecule has 0 heterocycles. The average Bonchev–Trinajstić information content (AvgIpc) is 2.15. The standard InChI is InChI=1S/C13H22O2/c1-5-12(14)15-9-11-6-7-13(3,4)8-10(11)2/h6,10H,5,7-9H2,1-4H3. The van der Waals surface area contributed by atoms with Gasteiger partial charge in [-0.05, 0) is 29.7 Å². The molecule has 1 atom stereocenters. The van der Waals surface area contributed by atoms with Crippen LogP contribution in [0.4, 0.5) is 0 Å². The van der Waals surface area contributed by atoms with E-state index >= 15 is 0 Å². The molecular formula is C13H22O2.